The maximum Gasteiger partial charge on any atom is 0.362 e. The summed E-state index contributed by atoms with van der Waals surface area (Å²) in [6.07, 6.45) is 1.28. The first-order valence-electron chi connectivity index (χ1n) is 7.43. The molecular formula is C19H11Br2NO4. The molecule has 0 saturated carbocycles. The fourth-order valence-corrected chi connectivity index (χ4v) is 2.78. The molecule has 0 fully saturated rings. The summed E-state index contributed by atoms with van der Waals surface area (Å²) < 4.78 is 12.1. The van der Waals surface area contributed by atoms with Crippen LogP contribution in [-0.4, -0.2) is 16.9 Å². The van der Waals surface area contributed by atoms with Gasteiger partial charge >= 0.3 is 11.9 Å². The van der Waals surface area contributed by atoms with Crippen LogP contribution in [0.5, 0.6) is 11.5 Å². The Kier molecular flexibility index (Phi) is 5.80. The fourth-order valence-electron chi connectivity index (χ4n) is 2.02. The predicted octanol–water partition coefficient (Wildman–Crippen LogP) is 5.05. The minimum atomic E-state index is -0.616. The van der Waals surface area contributed by atoms with Gasteiger partial charge in [0.2, 0.25) is 0 Å². The van der Waals surface area contributed by atoms with Crippen molar-refractivity contribution in [2.45, 2.75) is 0 Å². The number of halogens is 2. The Morgan fingerprint density at radius 1 is 0.769 bits per heavy atom. The van der Waals surface area contributed by atoms with Crippen molar-refractivity contribution in [3.05, 3.63) is 87.1 Å². The van der Waals surface area contributed by atoms with Gasteiger partial charge in [-0.2, -0.15) is 0 Å². The summed E-state index contributed by atoms with van der Waals surface area (Å²) in [5, 5.41) is 0. The number of benzene rings is 2. The lowest BCUT2D eigenvalue weighted by Crippen LogP contribution is -2.13. The Labute approximate surface area is 166 Å². The number of ether oxygens (including phenoxy) is 2. The summed E-state index contributed by atoms with van der Waals surface area (Å²) in [7, 11) is 0. The Morgan fingerprint density at radius 3 is 1.85 bits per heavy atom. The number of pyridine rings is 1. The molecule has 0 N–H and O–H groups in total. The molecule has 0 unspecified atom stereocenters. The van der Waals surface area contributed by atoms with E-state index in [2.05, 4.69) is 36.8 Å². The van der Waals surface area contributed by atoms with Crippen LogP contribution in [0.1, 0.15) is 20.8 Å². The van der Waals surface area contributed by atoms with E-state index < -0.39 is 11.9 Å². The van der Waals surface area contributed by atoms with Gasteiger partial charge in [-0.15, -0.1) is 0 Å². The second-order valence-corrected chi connectivity index (χ2v) is 6.96. The third-order valence-corrected chi connectivity index (χ3v) is 4.21. The van der Waals surface area contributed by atoms with Crippen LogP contribution in [0.15, 0.2) is 75.8 Å². The van der Waals surface area contributed by atoms with Crippen molar-refractivity contribution in [2.24, 2.45) is 0 Å². The number of hydrogen-bond donors (Lipinski definition) is 0. The van der Waals surface area contributed by atoms with E-state index in [0.717, 1.165) is 8.95 Å². The first kappa shape index (κ1) is 18.3. The largest absolute Gasteiger partial charge is 0.423 e. The van der Waals surface area contributed by atoms with Crippen LogP contribution in [0.3, 0.4) is 0 Å². The molecule has 1 aromatic heterocycles. The number of hydrogen-bond acceptors (Lipinski definition) is 5. The van der Waals surface area contributed by atoms with Crippen molar-refractivity contribution < 1.29 is 19.1 Å². The van der Waals surface area contributed by atoms with E-state index in [0.29, 0.717) is 11.5 Å². The minimum absolute atomic E-state index is 0.0870. The normalized spacial score (nSPS) is 10.2. The summed E-state index contributed by atoms with van der Waals surface area (Å²) in [6, 6.07) is 16.7. The number of aromatic nitrogens is 1. The van der Waals surface area contributed by atoms with Crippen molar-refractivity contribution in [1.82, 2.24) is 4.98 Å². The molecule has 0 aliphatic heterocycles. The van der Waals surface area contributed by atoms with Gasteiger partial charge in [0, 0.05) is 15.1 Å². The summed E-state index contributed by atoms with van der Waals surface area (Å²) in [6.45, 7) is 0. The molecule has 0 atom stereocenters. The molecule has 130 valence electrons. The van der Waals surface area contributed by atoms with Crippen LogP contribution in [0.25, 0.3) is 0 Å². The van der Waals surface area contributed by atoms with Gasteiger partial charge in [0.1, 0.15) is 17.2 Å². The lowest BCUT2D eigenvalue weighted by Gasteiger charge is -2.06. The van der Waals surface area contributed by atoms with Crippen LogP contribution in [-0.2, 0) is 0 Å². The van der Waals surface area contributed by atoms with Gasteiger partial charge in [0.25, 0.3) is 0 Å². The Morgan fingerprint density at radius 2 is 1.35 bits per heavy atom. The highest BCUT2D eigenvalue weighted by Gasteiger charge is 2.14. The van der Waals surface area contributed by atoms with Crippen LogP contribution in [0, 0.1) is 0 Å². The van der Waals surface area contributed by atoms with Crippen molar-refractivity contribution in [3.63, 3.8) is 0 Å². The second-order valence-electron chi connectivity index (χ2n) is 5.13. The number of rotatable bonds is 4. The topological polar surface area (TPSA) is 65.5 Å². The quantitative estimate of drug-likeness (QED) is 0.389. The molecule has 0 aliphatic carbocycles. The molecule has 0 bridgehead atoms. The van der Waals surface area contributed by atoms with Crippen molar-refractivity contribution in [2.75, 3.05) is 0 Å². The van der Waals surface area contributed by atoms with E-state index >= 15 is 0 Å². The molecule has 0 spiro atoms. The molecule has 3 aromatic rings. The first-order chi connectivity index (χ1) is 12.5. The third kappa shape index (κ3) is 4.77. The molecule has 0 saturated heterocycles. The zero-order chi connectivity index (χ0) is 18.5. The molecule has 7 heteroatoms. The van der Waals surface area contributed by atoms with Gasteiger partial charge in [-0.05, 0) is 48.5 Å². The molecule has 1 heterocycles. The van der Waals surface area contributed by atoms with Gasteiger partial charge in [0.15, 0.2) is 0 Å². The SMILES string of the molecule is O=C(Oc1cccc(Br)c1)c1ccc(C(=O)Oc2cccc(Br)c2)nc1. The number of esters is 2. The summed E-state index contributed by atoms with van der Waals surface area (Å²) in [5.74, 6) is -0.385. The average molecular weight is 477 g/mol. The van der Waals surface area contributed by atoms with Gasteiger partial charge < -0.3 is 9.47 Å². The molecule has 2 aromatic carbocycles. The zero-order valence-electron chi connectivity index (χ0n) is 13.2. The van der Waals surface area contributed by atoms with E-state index in [1.807, 2.05) is 12.1 Å². The van der Waals surface area contributed by atoms with E-state index in [9.17, 15) is 9.59 Å². The van der Waals surface area contributed by atoms with Crippen LogP contribution in [0.2, 0.25) is 0 Å². The highest BCUT2D eigenvalue weighted by Crippen LogP contribution is 2.20. The Hall–Kier alpha value is -2.51. The number of nitrogens with zero attached hydrogens (tertiary/aromatic N) is 1. The third-order valence-electron chi connectivity index (χ3n) is 3.22. The summed E-state index contributed by atoms with van der Waals surface area (Å²) >= 11 is 6.61. The van der Waals surface area contributed by atoms with E-state index in [-0.39, 0.29) is 11.3 Å². The van der Waals surface area contributed by atoms with Gasteiger partial charge in [-0.3, -0.25) is 0 Å². The highest BCUT2D eigenvalue weighted by atomic mass is 79.9. The smallest absolute Gasteiger partial charge is 0.362 e. The molecule has 0 amide bonds. The zero-order valence-corrected chi connectivity index (χ0v) is 16.4. The predicted molar refractivity (Wildman–Crippen MR) is 102 cm³/mol. The molecule has 0 aliphatic rings. The Balaban J connectivity index is 1.67. The van der Waals surface area contributed by atoms with Crippen molar-refractivity contribution in [3.8, 4) is 11.5 Å². The molecule has 26 heavy (non-hydrogen) atoms. The van der Waals surface area contributed by atoms with E-state index in [1.165, 1.54) is 18.3 Å². The monoisotopic (exact) mass is 475 g/mol. The van der Waals surface area contributed by atoms with Gasteiger partial charge in [-0.1, -0.05) is 44.0 Å². The first-order valence-corrected chi connectivity index (χ1v) is 9.01. The number of carbonyl (C=O) groups excluding carboxylic acids is 2. The lowest BCUT2D eigenvalue weighted by atomic mass is 10.2. The minimum Gasteiger partial charge on any atom is -0.423 e. The standard InChI is InChI=1S/C19H11Br2NO4/c20-13-3-1-5-15(9-13)25-18(23)12-7-8-17(22-11-12)19(24)26-16-6-2-4-14(21)10-16/h1-11H. The number of carbonyl (C=O) groups is 2. The van der Waals surface area contributed by atoms with E-state index in [1.54, 1.807) is 36.4 Å². The van der Waals surface area contributed by atoms with Gasteiger partial charge in [0.05, 0.1) is 5.56 Å². The molecule has 0 radical (unpaired) electrons. The highest BCUT2D eigenvalue weighted by molar-refractivity contribution is 9.10. The fraction of sp³-hybridized carbons (Fsp3) is 0. The summed E-state index contributed by atoms with van der Waals surface area (Å²) in [5.41, 5.74) is 0.313. The molecule has 5 nitrogen and oxygen atoms in total. The van der Waals surface area contributed by atoms with Crippen molar-refractivity contribution in [1.29, 1.82) is 0 Å². The van der Waals surface area contributed by atoms with E-state index in [4.69, 9.17) is 9.47 Å². The van der Waals surface area contributed by atoms with Crippen LogP contribution >= 0.6 is 31.9 Å². The van der Waals surface area contributed by atoms with Gasteiger partial charge in [-0.25, -0.2) is 14.6 Å². The lowest BCUT2D eigenvalue weighted by molar-refractivity contribution is 0.0715. The second kappa shape index (κ2) is 8.25. The summed E-state index contributed by atoms with van der Waals surface area (Å²) in [4.78, 5) is 28.2. The van der Waals surface area contributed by atoms with Crippen molar-refractivity contribution >= 4 is 43.8 Å². The van der Waals surface area contributed by atoms with Crippen LogP contribution < -0.4 is 9.47 Å². The molecular weight excluding hydrogens is 466 g/mol. The maximum absolute atomic E-state index is 12.1. The Bertz CT molecular complexity index is 879. The maximum atomic E-state index is 12.1. The molecule has 3 rings (SSSR count). The van der Waals surface area contributed by atoms with Crippen LogP contribution in [0.4, 0.5) is 0 Å². The average Bonchev–Trinajstić information content (AvgIpc) is 2.62.